The maximum Gasteiger partial charge on any atom is 0.292 e. The van der Waals surface area contributed by atoms with Gasteiger partial charge < -0.3 is 9.88 Å². The lowest BCUT2D eigenvalue weighted by Crippen LogP contribution is -2.09. The molecule has 0 unspecified atom stereocenters. The molecule has 0 saturated heterocycles. The van der Waals surface area contributed by atoms with Gasteiger partial charge in [0.25, 0.3) is 5.69 Å². The average molecular weight is 288 g/mol. The molecule has 0 aliphatic rings. The summed E-state index contributed by atoms with van der Waals surface area (Å²) in [5.74, 6) is 0.879. The van der Waals surface area contributed by atoms with Gasteiger partial charge in [0, 0.05) is 25.0 Å². The zero-order valence-corrected chi connectivity index (χ0v) is 12.6. The van der Waals surface area contributed by atoms with Gasteiger partial charge >= 0.3 is 0 Å². The molecule has 0 amide bonds. The summed E-state index contributed by atoms with van der Waals surface area (Å²) in [5, 5.41) is 14.3. The number of imidazole rings is 1. The zero-order chi connectivity index (χ0) is 15.4. The summed E-state index contributed by atoms with van der Waals surface area (Å²) >= 11 is 0. The number of hydrogen-bond acceptors (Lipinski definition) is 4. The van der Waals surface area contributed by atoms with Crippen molar-refractivity contribution < 1.29 is 4.92 Å². The van der Waals surface area contributed by atoms with Crippen LogP contribution in [0.2, 0.25) is 0 Å². The van der Waals surface area contributed by atoms with Crippen molar-refractivity contribution in [1.82, 2.24) is 9.55 Å². The predicted octanol–water partition coefficient (Wildman–Crippen LogP) is 3.43. The van der Waals surface area contributed by atoms with Gasteiger partial charge in [0.1, 0.15) is 11.5 Å². The Morgan fingerprint density at radius 1 is 1.33 bits per heavy atom. The molecule has 1 heterocycles. The maximum atomic E-state index is 11.2. The number of aromatic nitrogens is 2. The van der Waals surface area contributed by atoms with E-state index in [0.29, 0.717) is 12.2 Å². The number of nitro groups is 1. The Bertz CT molecular complexity index is 649. The van der Waals surface area contributed by atoms with Gasteiger partial charge in [-0.2, -0.15) is 0 Å². The van der Waals surface area contributed by atoms with Crippen molar-refractivity contribution >= 4 is 11.4 Å². The summed E-state index contributed by atoms with van der Waals surface area (Å²) in [6.45, 7) is 7.29. The van der Waals surface area contributed by atoms with Crippen LogP contribution in [0.3, 0.4) is 0 Å². The molecule has 0 spiro atoms. The van der Waals surface area contributed by atoms with E-state index in [4.69, 9.17) is 0 Å². The van der Waals surface area contributed by atoms with Crippen LogP contribution in [0, 0.1) is 24.0 Å². The Balaban J connectivity index is 2.21. The lowest BCUT2D eigenvalue weighted by atomic mass is 10.1. The number of benzene rings is 1. The third-order valence-corrected chi connectivity index (χ3v) is 3.51. The SMILES string of the molecule is CCCn1ccnc1CNc1cc(C)c(C)cc1[N+](=O)[O-]. The van der Waals surface area contributed by atoms with Gasteiger partial charge in [-0.3, -0.25) is 10.1 Å². The first-order valence-corrected chi connectivity index (χ1v) is 7.02. The maximum absolute atomic E-state index is 11.2. The monoisotopic (exact) mass is 288 g/mol. The molecular weight excluding hydrogens is 268 g/mol. The quantitative estimate of drug-likeness (QED) is 0.653. The molecule has 6 heteroatoms. The summed E-state index contributed by atoms with van der Waals surface area (Å²) < 4.78 is 2.06. The minimum atomic E-state index is -0.354. The smallest absolute Gasteiger partial charge is 0.292 e. The van der Waals surface area contributed by atoms with E-state index in [1.807, 2.05) is 26.1 Å². The number of nitro benzene ring substituents is 1. The van der Waals surface area contributed by atoms with Gasteiger partial charge in [-0.25, -0.2) is 4.98 Å². The van der Waals surface area contributed by atoms with E-state index in [0.717, 1.165) is 29.9 Å². The highest BCUT2D eigenvalue weighted by molar-refractivity contribution is 5.64. The third kappa shape index (κ3) is 3.39. The molecule has 0 fully saturated rings. The van der Waals surface area contributed by atoms with Crippen LogP contribution >= 0.6 is 0 Å². The molecule has 1 N–H and O–H groups in total. The van der Waals surface area contributed by atoms with E-state index in [9.17, 15) is 10.1 Å². The normalized spacial score (nSPS) is 10.6. The van der Waals surface area contributed by atoms with Crippen LogP contribution in [0.4, 0.5) is 11.4 Å². The molecular formula is C15H20N4O2. The molecule has 0 saturated carbocycles. The predicted molar refractivity (Wildman–Crippen MR) is 82.4 cm³/mol. The molecule has 0 aliphatic heterocycles. The Hall–Kier alpha value is -2.37. The number of hydrogen-bond donors (Lipinski definition) is 1. The summed E-state index contributed by atoms with van der Waals surface area (Å²) in [5.41, 5.74) is 2.58. The highest BCUT2D eigenvalue weighted by atomic mass is 16.6. The van der Waals surface area contributed by atoms with Crippen LogP contribution in [0.15, 0.2) is 24.5 Å². The zero-order valence-electron chi connectivity index (χ0n) is 12.6. The van der Waals surface area contributed by atoms with Gasteiger partial charge in [-0.1, -0.05) is 6.92 Å². The lowest BCUT2D eigenvalue weighted by Gasteiger charge is -2.11. The second-order valence-electron chi connectivity index (χ2n) is 5.10. The van der Waals surface area contributed by atoms with Crippen molar-refractivity contribution in [2.45, 2.75) is 40.3 Å². The Labute approximate surface area is 124 Å². The van der Waals surface area contributed by atoms with Crippen LogP contribution in [0.5, 0.6) is 0 Å². The summed E-state index contributed by atoms with van der Waals surface area (Å²) in [7, 11) is 0. The van der Waals surface area contributed by atoms with Crippen molar-refractivity contribution in [1.29, 1.82) is 0 Å². The summed E-state index contributed by atoms with van der Waals surface area (Å²) in [6.07, 6.45) is 4.70. The molecule has 0 atom stereocenters. The van der Waals surface area contributed by atoms with Gasteiger partial charge in [0.2, 0.25) is 0 Å². The van der Waals surface area contributed by atoms with Gasteiger partial charge in [-0.05, 0) is 37.5 Å². The van der Waals surface area contributed by atoms with E-state index in [2.05, 4.69) is 21.8 Å². The topological polar surface area (TPSA) is 73.0 Å². The minimum absolute atomic E-state index is 0.103. The van der Waals surface area contributed by atoms with Crippen LogP contribution in [-0.2, 0) is 13.1 Å². The van der Waals surface area contributed by atoms with Crippen LogP contribution in [0.25, 0.3) is 0 Å². The Kier molecular flexibility index (Phi) is 4.57. The van der Waals surface area contributed by atoms with Gasteiger partial charge in [-0.15, -0.1) is 0 Å². The fourth-order valence-electron chi connectivity index (χ4n) is 2.22. The van der Waals surface area contributed by atoms with Gasteiger partial charge in [0.15, 0.2) is 0 Å². The fraction of sp³-hybridized carbons (Fsp3) is 0.400. The molecule has 2 aromatic rings. The fourth-order valence-corrected chi connectivity index (χ4v) is 2.22. The molecule has 6 nitrogen and oxygen atoms in total. The van der Waals surface area contributed by atoms with Crippen LogP contribution in [0.1, 0.15) is 30.3 Å². The summed E-state index contributed by atoms with van der Waals surface area (Å²) in [6, 6.07) is 3.43. The molecule has 0 aliphatic carbocycles. The van der Waals surface area contributed by atoms with Crippen molar-refractivity contribution in [3.63, 3.8) is 0 Å². The molecule has 1 aromatic carbocycles. The largest absolute Gasteiger partial charge is 0.372 e. The molecule has 0 bridgehead atoms. The number of anilines is 1. The standard InChI is InChI=1S/C15H20N4O2/c1-4-6-18-7-5-16-15(18)10-17-13-8-11(2)12(3)9-14(13)19(20)21/h5,7-9,17H,4,6,10H2,1-3H3. The first kappa shape index (κ1) is 15.0. The molecule has 0 radical (unpaired) electrons. The van der Waals surface area contributed by atoms with Gasteiger partial charge in [0.05, 0.1) is 11.5 Å². The second kappa shape index (κ2) is 6.39. The minimum Gasteiger partial charge on any atom is -0.372 e. The number of nitrogens with one attached hydrogen (secondary N) is 1. The third-order valence-electron chi connectivity index (χ3n) is 3.51. The van der Waals surface area contributed by atoms with Crippen molar-refractivity contribution in [2.75, 3.05) is 5.32 Å². The Morgan fingerprint density at radius 2 is 2.05 bits per heavy atom. The van der Waals surface area contributed by atoms with E-state index < -0.39 is 0 Å². The second-order valence-corrected chi connectivity index (χ2v) is 5.10. The van der Waals surface area contributed by atoms with E-state index in [1.165, 1.54) is 0 Å². The number of aryl methyl sites for hydroxylation is 3. The van der Waals surface area contributed by atoms with E-state index in [1.54, 1.807) is 12.3 Å². The van der Waals surface area contributed by atoms with E-state index >= 15 is 0 Å². The van der Waals surface area contributed by atoms with Crippen molar-refractivity contribution in [2.24, 2.45) is 0 Å². The Morgan fingerprint density at radius 3 is 2.71 bits per heavy atom. The molecule has 21 heavy (non-hydrogen) atoms. The molecule has 112 valence electrons. The first-order chi connectivity index (χ1) is 10.0. The highest BCUT2D eigenvalue weighted by Gasteiger charge is 2.15. The first-order valence-electron chi connectivity index (χ1n) is 7.02. The van der Waals surface area contributed by atoms with Crippen molar-refractivity contribution in [3.05, 3.63) is 51.6 Å². The number of rotatable bonds is 6. The molecule has 1 aromatic heterocycles. The van der Waals surface area contributed by atoms with Crippen LogP contribution < -0.4 is 5.32 Å². The van der Waals surface area contributed by atoms with Crippen molar-refractivity contribution in [3.8, 4) is 0 Å². The lowest BCUT2D eigenvalue weighted by molar-refractivity contribution is -0.384. The highest BCUT2D eigenvalue weighted by Crippen LogP contribution is 2.28. The van der Waals surface area contributed by atoms with Crippen LogP contribution in [-0.4, -0.2) is 14.5 Å². The number of nitrogens with zero attached hydrogens (tertiary/aromatic N) is 3. The average Bonchev–Trinajstić information content (AvgIpc) is 2.87. The van der Waals surface area contributed by atoms with E-state index in [-0.39, 0.29) is 10.6 Å². The molecule has 2 rings (SSSR count). The summed E-state index contributed by atoms with van der Waals surface area (Å²) in [4.78, 5) is 15.1.